The quantitative estimate of drug-likeness (QED) is 0.567. The zero-order chi connectivity index (χ0) is 15.0. The smallest absolute Gasteiger partial charge is 0.195 e. The number of nitrogen functional groups attached to an aromatic ring is 1. The van der Waals surface area contributed by atoms with Gasteiger partial charge in [0.15, 0.2) is 5.78 Å². The summed E-state index contributed by atoms with van der Waals surface area (Å²) >= 11 is 0. The highest BCUT2D eigenvalue weighted by atomic mass is 19.1. The van der Waals surface area contributed by atoms with E-state index in [1.807, 2.05) is 13.0 Å². The second-order valence-corrected chi connectivity index (χ2v) is 5.01. The number of aryl methyl sites for hydroxylation is 1. The minimum Gasteiger partial charge on any atom is -0.398 e. The first kappa shape index (κ1) is 13.3. The van der Waals surface area contributed by atoms with E-state index in [0.29, 0.717) is 27.6 Å². The molecule has 0 radical (unpaired) electrons. The van der Waals surface area contributed by atoms with E-state index < -0.39 is 0 Å². The number of para-hydroxylation sites is 1. The maximum absolute atomic E-state index is 13.8. The largest absolute Gasteiger partial charge is 0.398 e. The minimum absolute atomic E-state index is 0.188. The highest BCUT2D eigenvalue weighted by Crippen LogP contribution is 2.26. The van der Waals surface area contributed by atoms with Crippen LogP contribution in [0.1, 0.15) is 21.5 Å². The van der Waals surface area contributed by atoms with Crippen molar-refractivity contribution in [2.75, 3.05) is 5.73 Å². The van der Waals surface area contributed by atoms with Crippen molar-refractivity contribution in [2.24, 2.45) is 0 Å². The van der Waals surface area contributed by atoms with Crippen LogP contribution in [-0.4, -0.2) is 5.78 Å². The Morgan fingerprint density at radius 3 is 2.38 bits per heavy atom. The van der Waals surface area contributed by atoms with Crippen LogP contribution in [0.15, 0.2) is 54.6 Å². The van der Waals surface area contributed by atoms with E-state index in [1.165, 1.54) is 12.1 Å². The van der Waals surface area contributed by atoms with Crippen molar-refractivity contribution in [1.82, 2.24) is 0 Å². The summed E-state index contributed by atoms with van der Waals surface area (Å²) in [6.07, 6.45) is 0. The predicted octanol–water partition coefficient (Wildman–Crippen LogP) is 4.10. The average molecular weight is 279 g/mol. The molecule has 0 heterocycles. The molecule has 0 saturated heterocycles. The summed E-state index contributed by atoms with van der Waals surface area (Å²) in [4.78, 5) is 12.7. The standard InChI is InChI=1S/C18H14FNO/c1-11-5-4-8-15(17(11)20)18(21)14-9-10-16(19)13-7-3-2-6-12(13)14/h2-10H,20H2,1H3. The summed E-state index contributed by atoms with van der Waals surface area (Å²) in [5.41, 5.74) is 8.24. The molecule has 0 aliphatic rings. The minimum atomic E-state index is -0.334. The van der Waals surface area contributed by atoms with Crippen molar-refractivity contribution in [1.29, 1.82) is 0 Å². The van der Waals surface area contributed by atoms with Gasteiger partial charge in [-0.2, -0.15) is 0 Å². The van der Waals surface area contributed by atoms with Crippen molar-refractivity contribution in [2.45, 2.75) is 6.92 Å². The number of hydrogen-bond donors (Lipinski definition) is 1. The van der Waals surface area contributed by atoms with E-state index in [-0.39, 0.29) is 11.6 Å². The molecule has 3 heteroatoms. The van der Waals surface area contributed by atoms with Crippen LogP contribution >= 0.6 is 0 Å². The zero-order valence-corrected chi connectivity index (χ0v) is 11.6. The molecule has 0 aromatic heterocycles. The maximum Gasteiger partial charge on any atom is 0.195 e. The van der Waals surface area contributed by atoms with Crippen LogP contribution in [-0.2, 0) is 0 Å². The number of benzene rings is 3. The molecule has 3 rings (SSSR count). The fourth-order valence-electron chi connectivity index (χ4n) is 2.48. The first-order chi connectivity index (χ1) is 10.1. The number of carbonyl (C=O) groups excluding carboxylic acids is 1. The van der Waals surface area contributed by atoms with Crippen LogP contribution in [0.25, 0.3) is 10.8 Å². The monoisotopic (exact) mass is 279 g/mol. The molecule has 0 fully saturated rings. The second-order valence-electron chi connectivity index (χ2n) is 5.01. The SMILES string of the molecule is Cc1cccc(C(=O)c2ccc(F)c3ccccc23)c1N. The Morgan fingerprint density at radius 1 is 0.905 bits per heavy atom. The van der Waals surface area contributed by atoms with Crippen molar-refractivity contribution in [3.63, 3.8) is 0 Å². The number of nitrogens with two attached hydrogens (primary N) is 1. The van der Waals surface area contributed by atoms with Crippen molar-refractivity contribution in [3.8, 4) is 0 Å². The molecule has 0 aliphatic carbocycles. The number of rotatable bonds is 2. The first-order valence-electron chi connectivity index (χ1n) is 6.66. The summed E-state index contributed by atoms with van der Waals surface area (Å²) in [5, 5.41) is 1.04. The molecule has 2 N–H and O–H groups in total. The number of halogens is 1. The number of ketones is 1. The van der Waals surface area contributed by atoms with E-state index >= 15 is 0 Å². The van der Waals surface area contributed by atoms with Crippen LogP contribution < -0.4 is 5.73 Å². The highest BCUT2D eigenvalue weighted by Gasteiger charge is 2.17. The molecule has 0 aliphatic heterocycles. The Bertz CT molecular complexity index is 855. The van der Waals surface area contributed by atoms with Gasteiger partial charge >= 0.3 is 0 Å². The topological polar surface area (TPSA) is 43.1 Å². The van der Waals surface area contributed by atoms with E-state index in [9.17, 15) is 9.18 Å². The molecule has 3 aromatic carbocycles. The second kappa shape index (κ2) is 5.02. The number of hydrogen-bond acceptors (Lipinski definition) is 2. The van der Waals surface area contributed by atoms with Gasteiger partial charge in [0.25, 0.3) is 0 Å². The third-order valence-corrected chi connectivity index (χ3v) is 3.68. The average Bonchev–Trinajstić information content (AvgIpc) is 2.50. The summed E-state index contributed by atoms with van der Waals surface area (Å²) in [5.74, 6) is -0.522. The lowest BCUT2D eigenvalue weighted by Crippen LogP contribution is -2.07. The molecule has 104 valence electrons. The highest BCUT2D eigenvalue weighted by molar-refractivity contribution is 6.18. The van der Waals surface area contributed by atoms with Crippen molar-refractivity contribution in [3.05, 3.63) is 77.1 Å². The van der Waals surface area contributed by atoms with Gasteiger partial charge in [0.2, 0.25) is 0 Å². The molecule has 0 bridgehead atoms. The summed E-state index contributed by atoms with van der Waals surface area (Å²) in [7, 11) is 0. The zero-order valence-electron chi connectivity index (χ0n) is 11.6. The van der Waals surface area contributed by atoms with Gasteiger partial charge in [-0.25, -0.2) is 4.39 Å². The molecule has 0 amide bonds. The van der Waals surface area contributed by atoms with Gasteiger partial charge in [0.05, 0.1) is 0 Å². The van der Waals surface area contributed by atoms with Gasteiger partial charge in [-0.3, -0.25) is 4.79 Å². The molecule has 0 atom stereocenters. The van der Waals surface area contributed by atoms with E-state index in [1.54, 1.807) is 36.4 Å². The van der Waals surface area contributed by atoms with Crippen molar-refractivity contribution >= 4 is 22.2 Å². The van der Waals surface area contributed by atoms with E-state index in [0.717, 1.165) is 5.56 Å². The molecular weight excluding hydrogens is 265 g/mol. The molecule has 0 saturated carbocycles. The van der Waals surface area contributed by atoms with Crippen LogP contribution in [0.3, 0.4) is 0 Å². The van der Waals surface area contributed by atoms with Gasteiger partial charge < -0.3 is 5.73 Å². The fraction of sp³-hybridized carbons (Fsp3) is 0.0556. The van der Waals surface area contributed by atoms with Gasteiger partial charge in [-0.15, -0.1) is 0 Å². The van der Waals surface area contributed by atoms with Crippen molar-refractivity contribution < 1.29 is 9.18 Å². The summed E-state index contributed by atoms with van der Waals surface area (Å²) < 4.78 is 13.8. The normalized spacial score (nSPS) is 10.8. The molecule has 3 aromatic rings. The predicted molar refractivity (Wildman–Crippen MR) is 82.9 cm³/mol. The number of fused-ring (bicyclic) bond motifs is 1. The Labute approximate surface area is 122 Å². The van der Waals surface area contributed by atoms with Gasteiger partial charge in [-0.05, 0) is 36.1 Å². The van der Waals surface area contributed by atoms with Gasteiger partial charge in [0, 0.05) is 22.2 Å². The maximum atomic E-state index is 13.8. The third-order valence-electron chi connectivity index (χ3n) is 3.68. The fourth-order valence-corrected chi connectivity index (χ4v) is 2.48. The first-order valence-corrected chi connectivity index (χ1v) is 6.66. The lowest BCUT2D eigenvalue weighted by atomic mass is 9.95. The molecule has 2 nitrogen and oxygen atoms in total. The number of anilines is 1. The Hall–Kier alpha value is -2.68. The summed E-state index contributed by atoms with van der Waals surface area (Å²) in [6, 6.07) is 15.1. The van der Waals surface area contributed by atoms with E-state index in [2.05, 4.69) is 0 Å². The van der Waals surface area contributed by atoms with Crippen LogP contribution in [0.5, 0.6) is 0 Å². The van der Waals surface area contributed by atoms with Crippen LogP contribution in [0.4, 0.5) is 10.1 Å². The lowest BCUT2D eigenvalue weighted by molar-refractivity contribution is 0.104. The Balaban J connectivity index is 2.23. The third kappa shape index (κ3) is 2.17. The molecule has 0 unspecified atom stereocenters. The van der Waals surface area contributed by atoms with Gasteiger partial charge in [-0.1, -0.05) is 36.4 Å². The lowest BCUT2D eigenvalue weighted by Gasteiger charge is -2.10. The van der Waals surface area contributed by atoms with Crippen LogP contribution in [0.2, 0.25) is 0 Å². The molecule has 21 heavy (non-hydrogen) atoms. The van der Waals surface area contributed by atoms with E-state index in [4.69, 9.17) is 5.73 Å². The number of carbonyl (C=O) groups is 1. The molecule has 0 spiro atoms. The van der Waals surface area contributed by atoms with Crippen LogP contribution in [0, 0.1) is 12.7 Å². The Kier molecular flexibility index (Phi) is 3.18. The summed E-state index contributed by atoms with van der Waals surface area (Å²) in [6.45, 7) is 1.86. The van der Waals surface area contributed by atoms with Gasteiger partial charge in [0.1, 0.15) is 5.82 Å². The Morgan fingerprint density at radius 2 is 1.62 bits per heavy atom. The molecular formula is C18H14FNO.